The molecule has 26 heavy (non-hydrogen) atoms. The molecule has 3 rings (SSSR count). The molecule has 0 spiro atoms. The van der Waals surface area contributed by atoms with E-state index in [9.17, 15) is 4.79 Å². The van der Waals surface area contributed by atoms with Crippen molar-refractivity contribution in [3.05, 3.63) is 63.3 Å². The molecule has 2 aromatic rings. The van der Waals surface area contributed by atoms with Crippen LogP contribution < -0.4 is 9.47 Å². The molecule has 0 N–H and O–H groups in total. The van der Waals surface area contributed by atoms with Gasteiger partial charge in [0.15, 0.2) is 17.2 Å². The van der Waals surface area contributed by atoms with E-state index in [4.69, 9.17) is 37.4 Å². The molecule has 0 aliphatic carbocycles. The lowest BCUT2D eigenvalue weighted by Crippen LogP contribution is -2.05. The quantitative estimate of drug-likeness (QED) is 0.545. The Balaban J connectivity index is 1.93. The van der Waals surface area contributed by atoms with Crippen LogP contribution in [0.2, 0.25) is 10.0 Å². The van der Waals surface area contributed by atoms with Crippen LogP contribution in [0.15, 0.2) is 47.1 Å². The summed E-state index contributed by atoms with van der Waals surface area (Å²) in [5.74, 6) is 0.778. The summed E-state index contributed by atoms with van der Waals surface area (Å²) < 4.78 is 16.0. The average Bonchev–Trinajstić information content (AvgIpc) is 2.96. The van der Waals surface area contributed by atoms with E-state index in [1.807, 2.05) is 6.92 Å². The minimum atomic E-state index is -0.557. The maximum atomic E-state index is 12.1. The summed E-state index contributed by atoms with van der Waals surface area (Å²) in [5.41, 5.74) is 1.39. The first-order chi connectivity index (χ1) is 12.5. The number of hydrogen-bond acceptors (Lipinski definition) is 5. The number of aliphatic imine (C=N–C) groups is 1. The van der Waals surface area contributed by atoms with Crippen LogP contribution in [0.5, 0.6) is 11.5 Å². The molecule has 0 amide bonds. The summed E-state index contributed by atoms with van der Waals surface area (Å²) in [6.45, 7) is 2.42. The third kappa shape index (κ3) is 3.84. The normalized spacial score (nSPS) is 15.0. The maximum Gasteiger partial charge on any atom is 0.363 e. The number of nitrogens with zero attached hydrogens (tertiary/aromatic N) is 1. The first-order valence-corrected chi connectivity index (χ1v) is 8.56. The first kappa shape index (κ1) is 18.3. The minimum Gasteiger partial charge on any atom is -0.493 e. The van der Waals surface area contributed by atoms with Gasteiger partial charge in [-0.05, 0) is 48.9 Å². The van der Waals surface area contributed by atoms with Crippen molar-refractivity contribution in [1.82, 2.24) is 0 Å². The largest absolute Gasteiger partial charge is 0.493 e. The van der Waals surface area contributed by atoms with Gasteiger partial charge >= 0.3 is 5.97 Å². The van der Waals surface area contributed by atoms with Crippen LogP contribution in [0, 0.1) is 0 Å². The van der Waals surface area contributed by atoms with Gasteiger partial charge in [0, 0.05) is 5.02 Å². The molecule has 0 bridgehead atoms. The number of esters is 1. The predicted octanol–water partition coefficient (Wildman–Crippen LogP) is 4.75. The minimum absolute atomic E-state index is 0.140. The molecule has 1 heterocycles. The van der Waals surface area contributed by atoms with E-state index >= 15 is 0 Å². The number of rotatable bonds is 5. The van der Waals surface area contributed by atoms with Gasteiger partial charge < -0.3 is 14.2 Å². The lowest BCUT2D eigenvalue weighted by atomic mass is 10.1. The van der Waals surface area contributed by atoms with E-state index in [1.165, 1.54) is 0 Å². The number of carbonyl (C=O) groups is 1. The Labute approximate surface area is 160 Å². The lowest BCUT2D eigenvalue weighted by molar-refractivity contribution is -0.129. The van der Waals surface area contributed by atoms with E-state index in [1.54, 1.807) is 49.6 Å². The van der Waals surface area contributed by atoms with Crippen LogP contribution in [0.4, 0.5) is 0 Å². The Hall–Kier alpha value is -2.50. The molecule has 1 aliphatic heterocycles. The monoisotopic (exact) mass is 391 g/mol. The molecule has 0 atom stereocenters. The molecule has 0 saturated heterocycles. The number of carbonyl (C=O) groups excluding carboxylic acids is 1. The highest BCUT2D eigenvalue weighted by molar-refractivity contribution is 6.37. The number of methoxy groups -OCH3 is 1. The summed E-state index contributed by atoms with van der Waals surface area (Å²) in [6.07, 6.45) is 1.61. The Morgan fingerprint density at radius 3 is 2.65 bits per heavy atom. The van der Waals surface area contributed by atoms with Gasteiger partial charge in [-0.1, -0.05) is 29.3 Å². The van der Waals surface area contributed by atoms with Gasteiger partial charge in [-0.2, -0.15) is 0 Å². The van der Waals surface area contributed by atoms with Crippen LogP contribution in [0.1, 0.15) is 18.1 Å². The van der Waals surface area contributed by atoms with Gasteiger partial charge in [0.1, 0.15) is 0 Å². The Bertz CT molecular complexity index is 922. The Kier molecular flexibility index (Phi) is 5.49. The van der Waals surface area contributed by atoms with Gasteiger partial charge in [0.25, 0.3) is 0 Å². The van der Waals surface area contributed by atoms with E-state index in [2.05, 4.69) is 4.99 Å². The molecule has 134 valence electrons. The van der Waals surface area contributed by atoms with Gasteiger partial charge in [-0.15, -0.1) is 0 Å². The van der Waals surface area contributed by atoms with Crippen LogP contribution >= 0.6 is 23.2 Å². The van der Waals surface area contributed by atoms with Crippen molar-refractivity contribution in [2.24, 2.45) is 4.99 Å². The third-order valence-electron chi connectivity index (χ3n) is 3.57. The highest BCUT2D eigenvalue weighted by atomic mass is 35.5. The standard InChI is InChI=1S/C19H15Cl2NO4/c1-3-25-16-7-4-11(9-17(16)24-2)8-15-19(23)26-18(22-15)13-6-5-12(20)10-14(13)21/h4-10H,3H2,1-2H3. The summed E-state index contributed by atoms with van der Waals surface area (Å²) in [7, 11) is 1.55. The molecule has 0 aromatic heterocycles. The van der Waals surface area contributed by atoms with Gasteiger partial charge in [-0.25, -0.2) is 9.79 Å². The smallest absolute Gasteiger partial charge is 0.363 e. The number of cyclic esters (lactones) is 1. The molecule has 0 saturated carbocycles. The van der Waals surface area contributed by atoms with Gasteiger partial charge in [0.2, 0.25) is 5.90 Å². The molecular weight excluding hydrogens is 377 g/mol. The maximum absolute atomic E-state index is 12.1. The second-order valence-electron chi connectivity index (χ2n) is 5.30. The second-order valence-corrected chi connectivity index (χ2v) is 6.15. The molecule has 5 nitrogen and oxygen atoms in total. The number of halogens is 2. The van der Waals surface area contributed by atoms with Crippen molar-refractivity contribution < 1.29 is 19.0 Å². The molecular formula is C19H15Cl2NO4. The van der Waals surface area contributed by atoms with Crippen LogP contribution in [-0.4, -0.2) is 25.6 Å². The summed E-state index contributed by atoms with van der Waals surface area (Å²) in [5, 5.41) is 0.842. The second kappa shape index (κ2) is 7.81. The Morgan fingerprint density at radius 2 is 1.96 bits per heavy atom. The summed E-state index contributed by atoms with van der Waals surface area (Å²) in [4.78, 5) is 16.4. The van der Waals surface area contributed by atoms with Crippen molar-refractivity contribution in [3.63, 3.8) is 0 Å². The van der Waals surface area contributed by atoms with Crippen molar-refractivity contribution in [2.75, 3.05) is 13.7 Å². The van der Waals surface area contributed by atoms with Crippen molar-refractivity contribution in [3.8, 4) is 11.5 Å². The summed E-state index contributed by atoms with van der Waals surface area (Å²) >= 11 is 12.0. The zero-order chi connectivity index (χ0) is 18.7. The fraction of sp³-hybridized carbons (Fsp3) is 0.158. The fourth-order valence-electron chi connectivity index (χ4n) is 2.39. The fourth-order valence-corrected chi connectivity index (χ4v) is 2.88. The lowest BCUT2D eigenvalue weighted by Gasteiger charge is -2.09. The average molecular weight is 392 g/mol. The van der Waals surface area contributed by atoms with E-state index in [0.29, 0.717) is 33.7 Å². The predicted molar refractivity (Wildman–Crippen MR) is 101 cm³/mol. The van der Waals surface area contributed by atoms with E-state index in [-0.39, 0.29) is 11.6 Å². The van der Waals surface area contributed by atoms with Gasteiger partial charge in [0.05, 0.1) is 24.3 Å². The van der Waals surface area contributed by atoms with Crippen LogP contribution in [0.25, 0.3) is 6.08 Å². The number of hydrogen-bond donors (Lipinski definition) is 0. The molecule has 2 aromatic carbocycles. The zero-order valence-electron chi connectivity index (χ0n) is 14.1. The molecule has 0 unspecified atom stereocenters. The third-order valence-corrected chi connectivity index (χ3v) is 4.12. The SMILES string of the molecule is CCOc1ccc(C=C2N=C(c3ccc(Cl)cc3Cl)OC2=O)cc1OC. The topological polar surface area (TPSA) is 57.1 Å². The molecule has 0 radical (unpaired) electrons. The Morgan fingerprint density at radius 1 is 1.15 bits per heavy atom. The first-order valence-electron chi connectivity index (χ1n) is 7.80. The highest BCUT2D eigenvalue weighted by Gasteiger charge is 2.25. The zero-order valence-corrected chi connectivity index (χ0v) is 15.6. The molecule has 7 heteroatoms. The highest BCUT2D eigenvalue weighted by Crippen LogP contribution is 2.30. The molecule has 1 aliphatic rings. The van der Waals surface area contributed by atoms with Gasteiger partial charge in [-0.3, -0.25) is 0 Å². The summed E-state index contributed by atoms with van der Waals surface area (Å²) in [6, 6.07) is 10.2. The van der Waals surface area contributed by atoms with Crippen LogP contribution in [0.3, 0.4) is 0 Å². The van der Waals surface area contributed by atoms with Crippen molar-refractivity contribution >= 4 is 41.1 Å². The van der Waals surface area contributed by atoms with Crippen molar-refractivity contribution in [1.29, 1.82) is 0 Å². The van der Waals surface area contributed by atoms with E-state index in [0.717, 1.165) is 5.56 Å². The van der Waals surface area contributed by atoms with E-state index < -0.39 is 5.97 Å². The van der Waals surface area contributed by atoms with Crippen molar-refractivity contribution in [2.45, 2.75) is 6.92 Å². The number of ether oxygens (including phenoxy) is 3. The van der Waals surface area contributed by atoms with Crippen LogP contribution in [-0.2, 0) is 9.53 Å². The number of benzene rings is 2. The molecule has 0 fully saturated rings.